The van der Waals surface area contributed by atoms with E-state index in [0.717, 1.165) is 30.6 Å². The molecule has 2 aromatic carbocycles. The van der Waals surface area contributed by atoms with E-state index in [1.807, 2.05) is 24.3 Å². The van der Waals surface area contributed by atoms with Crippen LogP contribution in [-0.4, -0.2) is 37.6 Å². The van der Waals surface area contributed by atoms with Crippen molar-refractivity contribution in [3.05, 3.63) is 77.9 Å². The second-order valence-electron chi connectivity index (χ2n) is 6.10. The number of methoxy groups -OCH3 is 1. The van der Waals surface area contributed by atoms with Crippen LogP contribution in [0.4, 0.5) is 0 Å². The van der Waals surface area contributed by atoms with Gasteiger partial charge < -0.3 is 4.74 Å². The van der Waals surface area contributed by atoms with Gasteiger partial charge in [0.05, 0.1) is 13.0 Å². The average molecular weight is 321 g/mol. The molecule has 3 heteroatoms. The van der Waals surface area contributed by atoms with Crippen LogP contribution in [0, 0.1) is 5.92 Å². The van der Waals surface area contributed by atoms with Crippen LogP contribution in [0.15, 0.2) is 66.7 Å². The van der Waals surface area contributed by atoms with E-state index < -0.39 is 0 Å². The zero-order valence-electron chi connectivity index (χ0n) is 14.0. The number of rotatable bonds is 5. The number of hydrogen-bond acceptors (Lipinski definition) is 3. The summed E-state index contributed by atoms with van der Waals surface area (Å²) in [6, 6.07) is 20.6. The zero-order valence-corrected chi connectivity index (χ0v) is 14.0. The molecule has 2 aromatic rings. The Labute approximate surface area is 143 Å². The summed E-state index contributed by atoms with van der Waals surface area (Å²) in [5.74, 6) is -0.378. The standard InChI is InChI=1S/C21H23NO2/c1-24-21(23)20-16-22(14-12-17-8-4-2-5-9-17)15-13-19(20)18-10-6-3-7-11-18/h2-11,13,20H,12,14-16H2,1H3. The normalized spacial score (nSPS) is 18.0. The van der Waals surface area contributed by atoms with Crippen LogP contribution < -0.4 is 0 Å². The molecule has 3 nitrogen and oxygen atoms in total. The molecule has 124 valence electrons. The highest BCUT2D eigenvalue weighted by Crippen LogP contribution is 2.28. The quantitative estimate of drug-likeness (QED) is 0.790. The van der Waals surface area contributed by atoms with Crippen molar-refractivity contribution >= 4 is 11.5 Å². The highest BCUT2D eigenvalue weighted by atomic mass is 16.5. The molecule has 0 fully saturated rings. The number of carbonyl (C=O) groups is 1. The van der Waals surface area contributed by atoms with E-state index in [9.17, 15) is 4.79 Å². The Hall–Kier alpha value is -2.39. The number of esters is 1. The number of carbonyl (C=O) groups excluding carboxylic acids is 1. The molecule has 0 aliphatic carbocycles. The monoisotopic (exact) mass is 321 g/mol. The maximum absolute atomic E-state index is 12.3. The summed E-state index contributed by atoms with van der Waals surface area (Å²) >= 11 is 0. The third-order valence-corrected chi connectivity index (χ3v) is 4.54. The Morgan fingerprint density at radius 2 is 1.75 bits per heavy atom. The average Bonchev–Trinajstić information content (AvgIpc) is 2.67. The van der Waals surface area contributed by atoms with Gasteiger partial charge in [-0.25, -0.2) is 0 Å². The summed E-state index contributed by atoms with van der Waals surface area (Å²) in [6.07, 6.45) is 3.16. The minimum atomic E-state index is -0.220. The van der Waals surface area contributed by atoms with E-state index in [1.165, 1.54) is 12.7 Å². The number of hydrogen-bond donors (Lipinski definition) is 0. The summed E-state index contributed by atoms with van der Waals surface area (Å²) in [6.45, 7) is 2.51. The Kier molecular flexibility index (Phi) is 5.44. The zero-order chi connectivity index (χ0) is 16.8. The van der Waals surface area contributed by atoms with Crippen molar-refractivity contribution in [2.75, 3.05) is 26.7 Å². The molecule has 1 aliphatic rings. The summed E-state index contributed by atoms with van der Waals surface area (Å²) in [4.78, 5) is 14.6. The Bertz CT molecular complexity index is 694. The van der Waals surface area contributed by atoms with Gasteiger partial charge in [-0.05, 0) is 23.1 Å². The predicted octanol–water partition coefficient (Wildman–Crippen LogP) is 3.42. The fourth-order valence-corrected chi connectivity index (χ4v) is 3.21. The first-order chi connectivity index (χ1) is 11.8. The Morgan fingerprint density at radius 3 is 2.42 bits per heavy atom. The second-order valence-corrected chi connectivity index (χ2v) is 6.10. The highest BCUT2D eigenvalue weighted by Gasteiger charge is 2.30. The summed E-state index contributed by atoms with van der Waals surface area (Å²) in [5, 5.41) is 0. The Morgan fingerprint density at radius 1 is 1.08 bits per heavy atom. The minimum absolute atomic E-state index is 0.158. The molecule has 0 bridgehead atoms. The first-order valence-corrected chi connectivity index (χ1v) is 8.37. The van der Waals surface area contributed by atoms with E-state index in [-0.39, 0.29) is 11.9 Å². The van der Waals surface area contributed by atoms with Crippen LogP contribution in [-0.2, 0) is 16.0 Å². The van der Waals surface area contributed by atoms with E-state index in [2.05, 4.69) is 47.4 Å². The van der Waals surface area contributed by atoms with Gasteiger partial charge in [-0.1, -0.05) is 66.7 Å². The molecule has 1 atom stereocenters. The fourth-order valence-electron chi connectivity index (χ4n) is 3.21. The van der Waals surface area contributed by atoms with Gasteiger partial charge in [0, 0.05) is 19.6 Å². The first kappa shape index (κ1) is 16.5. The number of benzene rings is 2. The molecule has 0 saturated heterocycles. The molecule has 0 aromatic heterocycles. The van der Waals surface area contributed by atoms with Crippen molar-refractivity contribution in [3.63, 3.8) is 0 Å². The SMILES string of the molecule is COC(=O)C1CN(CCc2ccccc2)CC=C1c1ccccc1. The molecule has 0 radical (unpaired) electrons. The summed E-state index contributed by atoms with van der Waals surface area (Å²) < 4.78 is 5.05. The van der Waals surface area contributed by atoms with Gasteiger partial charge in [0.1, 0.15) is 0 Å². The van der Waals surface area contributed by atoms with Crippen LogP contribution in [0.3, 0.4) is 0 Å². The molecule has 0 N–H and O–H groups in total. The molecule has 1 heterocycles. The molecule has 0 amide bonds. The lowest BCUT2D eigenvalue weighted by Gasteiger charge is -2.31. The molecule has 1 aliphatic heterocycles. The van der Waals surface area contributed by atoms with Gasteiger partial charge in [0.15, 0.2) is 0 Å². The van der Waals surface area contributed by atoms with E-state index in [4.69, 9.17) is 4.74 Å². The van der Waals surface area contributed by atoms with Gasteiger partial charge >= 0.3 is 5.97 Å². The molecule has 0 spiro atoms. The lowest BCUT2D eigenvalue weighted by atomic mass is 9.89. The smallest absolute Gasteiger partial charge is 0.314 e. The molecular weight excluding hydrogens is 298 g/mol. The molecular formula is C21H23NO2. The topological polar surface area (TPSA) is 29.5 Å². The molecule has 24 heavy (non-hydrogen) atoms. The molecule has 0 saturated carbocycles. The maximum atomic E-state index is 12.3. The Balaban J connectivity index is 1.72. The van der Waals surface area contributed by atoms with Crippen molar-refractivity contribution in [2.45, 2.75) is 6.42 Å². The van der Waals surface area contributed by atoms with Crippen molar-refractivity contribution in [1.29, 1.82) is 0 Å². The van der Waals surface area contributed by atoms with Crippen LogP contribution >= 0.6 is 0 Å². The van der Waals surface area contributed by atoms with Crippen molar-refractivity contribution in [3.8, 4) is 0 Å². The molecule has 1 unspecified atom stereocenters. The van der Waals surface area contributed by atoms with Crippen LogP contribution in [0.5, 0.6) is 0 Å². The van der Waals surface area contributed by atoms with Crippen LogP contribution in [0.25, 0.3) is 5.57 Å². The van der Waals surface area contributed by atoms with Gasteiger partial charge in [-0.15, -0.1) is 0 Å². The van der Waals surface area contributed by atoms with E-state index in [0.29, 0.717) is 6.54 Å². The van der Waals surface area contributed by atoms with Gasteiger partial charge in [-0.3, -0.25) is 9.69 Å². The van der Waals surface area contributed by atoms with Gasteiger partial charge in [-0.2, -0.15) is 0 Å². The van der Waals surface area contributed by atoms with Crippen molar-refractivity contribution in [1.82, 2.24) is 4.90 Å². The van der Waals surface area contributed by atoms with Crippen LogP contribution in [0.1, 0.15) is 11.1 Å². The summed E-state index contributed by atoms with van der Waals surface area (Å²) in [5.41, 5.74) is 3.51. The predicted molar refractivity (Wildman–Crippen MR) is 96.5 cm³/mol. The lowest BCUT2D eigenvalue weighted by Crippen LogP contribution is -2.39. The largest absolute Gasteiger partial charge is 0.469 e. The lowest BCUT2D eigenvalue weighted by molar-refractivity contribution is -0.144. The van der Waals surface area contributed by atoms with Crippen molar-refractivity contribution < 1.29 is 9.53 Å². The van der Waals surface area contributed by atoms with Gasteiger partial charge in [0.2, 0.25) is 0 Å². The van der Waals surface area contributed by atoms with E-state index in [1.54, 1.807) is 0 Å². The third-order valence-electron chi connectivity index (χ3n) is 4.54. The molecule has 3 rings (SSSR count). The number of ether oxygens (including phenoxy) is 1. The van der Waals surface area contributed by atoms with Crippen LogP contribution in [0.2, 0.25) is 0 Å². The fraction of sp³-hybridized carbons (Fsp3) is 0.286. The highest BCUT2D eigenvalue weighted by molar-refractivity contribution is 5.89. The van der Waals surface area contributed by atoms with E-state index >= 15 is 0 Å². The first-order valence-electron chi connectivity index (χ1n) is 8.37. The maximum Gasteiger partial charge on any atom is 0.314 e. The summed E-state index contributed by atoms with van der Waals surface area (Å²) in [7, 11) is 1.47. The van der Waals surface area contributed by atoms with Crippen molar-refractivity contribution in [2.24, 2.45) is 5.92 Å². The third kappa shape index (κ3) is 3.92. The number of nitrogens with zero attached hydrogens (tertiary/aromatic N) is 1. The second kappa shape index (κ2) is 7.93. The minimum Gasteiger partial charge on any atom is -0.469 e. The van der Waals surface area contributed by atoms with Gasteiger partial charge in [0.25, 0.3) is 0 Å².